The summed E-state index contributed by atoms with van der Waals surface area (Å²) in [7, 11) is 0. The molecule has 4 aromatic carbocycles. The Morgan fingerprint density at radius 2 is 1.27 bits per heavy atom. The molecule has 2 fully saturated rings. The van der Waals surface area contributed by atoms with Gasteiger partial charge in [-0.15, -0.1) is 69.8 Å². The zero-order valence-electron chi connectivity index (χ0n) is 47.6. The van der Waals surface area contributed by atoms with E-state index >= 15 is 0 Å². The van der Waals surface area contributed by atoms with Crippen molar-refractivity contribution in [3.63, 3.8) is 0 Å². The summed E-state index contributed by atoms with van der Waals surface area (Å²) >= 11 is 0. The van der Waals surface area contributed by atoms with Gasteiger partial charge in [0.2, 0.25) is 5.92 Å². The molecule has 0 bridgehead atoms. The number of rotatable bonds is 12. The maximum atomic E-state index is 12.9. The molecule has 0 saturated heterocycles. The van der Waals surface area contributed by atoms with Crippen LogP contribution in [0.1, 0.15) is 170 Å². The van der Waals surface area contributed by atoms with E-state index in [4.69, 9.17) is 12.3 Å². The minimum atomic E-state index is -2.83. The zero-order chi connectivity index (χ0) is 53.6. The van der Waals surface area contributed by atoms with Gasteiger partial charge < -0.3 is 15.1 Å². The van der Waals surface area contributed by atoms with Gasteiger partial charge in [-0.05, 0) is 120 Å². The van der Waals surface area contributed by atoms with Crippen LogP contribution in [0.3, 0.4) is 0 Å². The smallest absolute Gasteiger partial charge is 0.246 e. The molecule has 355 valence electrons. The standard InChI is InChI=1S/2C22H22N.C14H24F2O2.CH4.Ir/c2*1-15-11-16(2)13-20(12-15)22-21-8-7-18(17-5-3-4-6-17)14-19(21)9-10-23-22;1-5-10(6-2)12(17)8-13(18)11(7-3)9-14(4,15)16;;/h2*7-12,14,17H,3-6H2,1-2H3;8,10-11,18H,5-7,9H2,1-4H3;1H4;/q2*-1;;;/i2D3,9D,10D;1D3,10D;;;. The Bertz CT molecular complexity index is 2940. The molecule has 1 radical (unpaired) electrons. The van der Waals surface area contributed by atoms with Crippen molar-refractivity contribution in [3.05, 3.63) is 142 Å². The average molecular weight is 1080 g/mol. The van der Waals surface area contributed by atoms with Crippen molar-refractivity contribution < 1.29 is 51.1 Å². The Hall–Kier alpha value is -4.58. The van der Waals surface area contributed by atoms with Gasteiger partial charge >= 0.3 is 0 Å². The molecule has 2 saturated carbocycles. The van der Waals surface area contributed by atoms with E-state index in [0.29, 0.717) is 59.0 Å². The number of ketones is 1. The quantitative estimate of drug-likeness (QED) is 0.0754. The fourth-order valence-electron chi connectivity index (χ4n) is 9.30. The zero-order valence-corrected chi connectivity index (χ0v) is 41.0. The molecule has 1 unspecified atom stereocenters. The summed E-state index contributed by atoms with van der Waals surface area (Å²) in [5.74, 6) is -2.88. The van der Waals surface area contributed by atoms with Crippen molar-refractivity contribution >= 4 is 27.3 Å². The number of aryl methyl sites for hydroxylation is 4. The molecule has 2 heterocycles. The molecule has 4 nitrogen and oxygen atoms in total. The van der Waals surface area contributed by atoms with Crippen LogP contribution in [0.2, 0.25) is 0 Å². The Morgan fingerprint density at radius 3 is 1.82 bits per heavy atom. The molecule has 2 aromatic heterocycles. The second-order valence-corrected chi connectivity index (χ2v) is 17.9. The molecule has 0 amide bonds. The van der Waals surface area contributed by atoms with Gasteiger partial charge in [0.25, 0.3) is 0 Å². The first-order chi connectivity index (χ1) is 34.3. The first kappa shape index (κ1) is 41.6. The third-order valence-corrected chi connectivity index (χ3v) is 12.8. The molecule has 0 spiro atoms. The van der Waals surface area contributed by atoms with Crippen LogP contribution in [0.4, 0.5) is 8.78 Å². The van der Waals surface area contributed by atoms with Gasteiger partial charge in [-0.1, -0.05) is 118 Å². The Labute approximate surface area is 421 Å². The Balaban J connectivity index is 0.000000247. The molecular formula is C59H72F2IrN2O2-2. The minimum Gasteiger partial charge on any atom is -0.512 e. The number of aliphatic hydroxyl groups is 1. The number of alkyl halides is 2. The van der Waals surface area contributed by atoms with Crippen LogP contribution in [0.5, 0.6) is 0 Å². The SMILES string of the molecule is C.CCC(CC)C(=O)C=C(O)C(CC)CC(C)(F)F.[2H]c1cc2cc(C3CCCC3)ccc2c(-c2[c-]c(C)cc(C([2H])([2H])[2H])c2)n1.[2H]c1nc(-c2[c-]c(C([2H])([2H])[2H])cc(C)c2)c2ccc(C3CCCC3)cc2c1[2H].[Ir]. The first-order valence-corrected chi connectivity index (χ1v) is 23.0. The number of hydrogen-bond donors (Lipinski definition) is 1. The van der Waals surface area contributed by atoms with E-state index in [0.717, 1.165) is 53.1 Å². The number of benzene rings is 4. The second-order valence-electron chi connectivity index (χ2n) is 17.9. The molecule has 2 aliphatic carbocycles. The van der Waals surface area contributed by atoms with E-state index in [1.807, 2.05) is 45.9 Å². The maximum absolute atomic E-state index is 12.9. The van der Waals surface area contributed by atoms with E-state index in [1.54, 1.807) is 31.2 Å². The predicted octanol–water partition coefficient (Wildman–Crippen LogP) is 17.1. The van der Waals surface area contributed by atoms with E-state index in [-0.39, 0.29) is 74.5 Å². The normalized spacial score (nSPS) is 17.2. The van der Waals surface area contributed by atoms with Gasteiger partial charge in [0.15, 0.2) is 5.78 Å². The number of nitrogens with zero attached hydrogens (tertiary/aromatic N) is 2. The maximum Gasteiger partial charge on any atom is 0.246 e. The van der Waals surface area contributed by atoms with Crippen LogP contribution >= 0.6 is 0 Å². The Morgan fingerprint density at radius 1 is 0.758 bits per heavy atom. The summed E-state index contributed by atoms with van der Waals surface area (Å²) < 4.78 is 96.8. The van der Waals surface area contributed by atoms with Gasteiger partial charge in [-0.3, -0.25) is 4.79 Å². The molecule has 7 heteroatoms. The number of fused-ring (bicyclic) bond motifs is 2. The summed E-state index contributed by atoms with van der Waals surface area (Å²) in [5, 5.41) is 13.2. The number of allylic oxidation sites excluding steroid dienone is 2. The van der Waals surface area contributed by atoms with Crippen LogP contribution < -0.4 is 0 Å². The largest absolute Gasteiger partial charge is 0.512 e. The predicted molar refractivity (Wildman–Crippen MR) is 269 cm³/mol. The topological polar surface area (TPSA) is 63.1 Å². The molecule has 0 aliphatic heterocycles. The summed E-state index contributed by atoms with van der Waals surface area (Å²) in [6.07, 6.45) is 12.4. The van der Waals surface area contributed by atoms with Crippen molar-refractivity contribution in [1.82, 2.24) is 9.97 Å². The number of carbonyl (C=O) groups is 1. The first-order valence-electron chi connectivity index (χ1n) is 27.5. The monoisotopic (exact) mass is 1080 g/mol. The average Bonchev–Trinajstić information content (AvgIpc) is 4.08. The van der Waals surface area contributed by atoms with Crippen LogP contribution in [0, 0.1) is 51.5 Å². The molecule has 1 N–H and O–H groups in total. The van der Waals surface area contributed by atoms with Crippen molar-refractivity contribution in [2.75, 3.05) is 0 Å². The van der Waals surface area contributed by atoms with Crippen LogP contribution in [0.15, 0.2) is 97.0 Å². The Kier molecular flexibility index (Phi) is 15.7. The van der Waals surface area contributed by atoms with Crippen LogP contribution in [0.25, 0.3) is 44.1 Å². The van der Waals surface area contributed by atoms with Gasteiger partial charge in [0, 0.05) is 65.0 Å². The van der Waals surface area contributed by atoms with Gasteiger partial charge in [0.05, 0.1) is 9.87 Å². The van der Waals surface area contributed by atoms with Crippen molar-refractivity contribution in [2.45, 2.75) is 157 Å². The second kappa shape index (κ2) is 25.0. The van der Waals surface area contributed by atoms with Gasteiger partial charge in [-0.2, -0.15) is 0 Å². The van der Waals surface area contributed by atoms with Crippen molar-refractivity contribution in [3.8, 4) is 22.5 Å². The van der Waals surface area contributed by atoms with E-state index in [1.165, 1.54) is 49.7 Å². The number of halogens is 2. The summed E-state index contributed by atoms with van der Waals surface area (Å²) in [6.45, 7) is 5.58. The molecule has 8 rings (SSSR count). The van der Waals surface area contributed by atoms with Crippen molar-refractivity contribution in [2.24, 2.45) is 11.8 Å². The van der Waals surface area contributed by atoms with Crippen molar-refractivity contribution in [1.29, 1.82) is 0 Å². The number of carbonyl (C=O) groups excluding carboxylic acids is 1. The molecule has 6 aromatic rings. The fourth-order valence-corrected chi connectivity index (χ4v) is 9.30. The number of aliphatic hydroxyl groups excluding tert-OH is 1. The van der Waals surface area contributed by atoms with Gasteiger partial charge in [0.1, 0.15) is 0 Å². The third-order valence-electron chi connectivity index (χ3n) is 12.8. The molecule has 66 heavy (non-hydrogen) atoms. The third kappa shape index (κ3) is 14.5. The minimum absolute atomic E-state index is 0. The van der Waals surface area contributed by atoms with Crippen LogP contribution in [-0.4, -0.2) is 26.8 Å². The summed E-state index contributed by atoms with van der Waals surface area (Å²) in [4.78, 5) is 20.5. The number of aromatic nitrogens is 2. The molecule has 1 atom stereocenters. The fraction of sp³-hybridized carbons (Fsp3) is 0.441. The molecular weight excluding hydrogens is 999 g/mol. The van der Waals surface area contributed by atoms with Crippen LogP contribution in [-0.2, 0) is 24.9 Å². The van der Waals surface area contributed by atoms with E-state index in [2.05, 4.69) is 46.4 Å². The van der Waals surface area contributed by atoms with Gasteiger partial charge in [-0.25, -0.2) is 8.78 Å². The summed E-state index contributed by atoms with van der Waals surface area (Å²) in [5.41, 5.74) is 6.85. The number of hydrogen-bond acceptors (Lipinski definition) is 4. The summed E-state index contributed by atoms with van der Waals surface area (Å²) in [6, 6.07) is 27.3. The van der Waals surface area contributed by atoms with E-state index < -0.39 is 32.0 Å². The van der Waals surface area contributed by atoms with E-state index in [9.17, 15) is 18.7 Å². The molecule has 2 aliphatic rings. The number of pyridine rings is 2.